The molecule has 0 aliphatic rings. The number of hydrogen-bond acceptors (Lipinski definition) is 4. The first-order valence-electron chi connectivity index (χ1n) is 6.50. The highest BCUT2D eigenvalue weighted by Gasteiger charge is 2.20. The molecule has 0 bridgehead atoms. The fourth-order valence-corrected chi connectivity index (χ4v) is 2.78. The molecular weight excluding hydrogens is 276 g/mol. The second-order valence-electron chi connectivity index (χ2n) is 4.48. The van der Waals surface area contributed by atoms with E-state index in [0.717, 1.165) is 34.3 Å². The molecule has 0 radical (unpaired) electrons. The van der Waals surface area contributed by atoms with Crippen molar-refractivity contribution < 1.29 is 9.47 Å². The number of anilines is 1. The Balaban J connectivity index is 3.02. The summed E-state index contributed by atoms with van der Waals surface area (Å²) in [5, 5.41) is 4.60. The summed E-state index contributed by atoms with van der Waals surface area (Å²) in [4.78, 5) is 4.72. The smallest absolute Gasteiger partial charge is 0.149 e. The zero-order valence-electron chi connectivity index (χ0n) is 12.4. The van der Waals surface area contributed by atoms with Gasteiger partial charge in [-0.2, -0.15) is 0 Å². The number of methoxy groups -OCH3 is 2. The highest BCUT2D eigenvalue weighted by molar-refractivity contribution is 6.34. The summed E-state index contributed by atoms with van der Waals surface area (Å²) >= 11 is 6.28. The average molecular weight is 295 g/mol. The molecule has 2 rings (SSSR count). The van der Waals surface area contributed by atoms with Crippen molar-refractivity contribution in [3.63, 3.8) is 0 Å². The maximum atomic E-state index is 6.28. The van der Waals surface area contributed by atoms with E-state index in [9.17, 15) is 0 Å². The Morgan fingerprint density at radius 1 is 1.30 bits per heavy atom. The number of nitrogens with zero attached hydrogens (tertiary/aromatic N) is 1. The van der Waals surface area contributed by atoms with Gasteiger partial charge in [0.05, 0.1) is 30.3 Å². The summed E-state index contributed by atoms with van der Waals surface area (Å²) in [5.41, 5.74) is 3.87. The molecule has 4 nitrogen and oxygen atoms in total. The zero-order chi connectivity index (χ0) is 14.9. The number of fused-ring (bicyclic) bond motifs is 1. The number of nitrogens with one attached hydrogen (secondary N) is 1. The van der Waals surface area contributed by atoms with E-state index >= 15 is 0 Å². The van der Waals surface area contributed by atoms with Crippen LogP contribution in [0.3, 0.4) is 0 Å². The average Bonchev–Trinajstić information content (AvgIpc) is 2.46. The van der Waals surface area contributed by atoms with E-state index in [0.29, 0.717) is 16.5 Å². The number of pyridine rings is 1. The van der Waals surface area contributed by atoms with E-state index in [1.54, 1.807) is 20.3 Å². The number of hydrogen-bond donors (Lipinski definition) is 1. The summed E-state index contributed by atoms with van der Waals surface area (Å²) < 4.78 is 10.9. The molecule has 0 fully saturated rings. The Bertz CT molecular complexity index is 656. The van der Waals surface area contributed by atoms with Crippen LogP contribution in [0.1, 0.15) is 18.2 Å². The van der Waals surface area contributed by atoms with Crippen molar-refractivity contribution >= 4 is 28.2 Å². The molecule has 0 amide bonds. The van der Waals surface area contributed by atoms with Crippen molar-refractivity contribution in [3.8, 4) is 11.5 Å². The van der Waals surface area contributed by atoms with Crippen LogP contribution in [0.25, 0.3) is 10.9 Å². The van der Waals surface area contributed by atoms with Crippen LogP contribution in [0.4, 0.5) is 5.69 Å². The standard InChI is InChI=1S/C15H19ClN2O2/c1-6-10-8(2)13(17-3)12-14(18-10)11(19-4)7-9(16)15(12)20-5/h7H,6H2,1-5H3,(H,17,18). The molecular formula is C15H19ClN2O2. The molecule has 1 N–H and O–H groups in total. The lowest BCUT2D eigenvalue weighted by Gasteiger charge is -2.18. The number of aromatic nitrogens is 1. The lowest BCUT2D eigenvalue weighted by atomic mass is 10.0. The number of rotatable bonds is 4. The number of aryl methyl sites for hydroxylation is 1. The van der Waals surface area contributed by atoms with Gasteiger partial charge in [0.25, 0.3) is 0 Å². The van der Waals surface area contributed by atoms with Crippen LogP contribution in [0.5, 0.6) is 11.5 Å². The number of benzene rings is 1. The van der Waals surface area contributed by atoms with Crippen LogP contribution < -0.4 is 14.8 Å². The van der Waals surface area contributed by atoms with E-state index in [-0.39, 0.29) is 0 Å². The van der Waals surface area contributed by atoms with E-state index in [1.165, 1.54) is 0 Å². The van der Waals surface area contributed by atoms with E-state index in [2.05, 4.69) is 12.2 Å². The van der Waals surface area contributed by atoms with Gasteiger partial charge in [-0.3, -0.25) is 0 Å². The van der Waals surface area contributed by atoms with Crippen LogP contribution in [0.2, 0.25) is 5.02 Å². The second kappa shape index (κ2) is 5.75. The van der Waals surface area contributed by atoms with Gasteiger partial charge in [-0.25, -0.2) is 4.98 Å². The molecule has 108 valence electrons. The van der Waals surface area contributed by atoms with Gasteiger partial charge in [-0.1, -0.05) is 18.5 Å². The van der Waals surface area contributed by atoms with Crippen molar-refractivity contribution in [2.45, 2.75) is 20.3 Å². The third kappa shape index (κ3) is 2.14. The number of ether oxygens (including phenoxy) is 2. The van der Waals surface area contributed by atoms with Crippen LogP contribution in [-0.4, -0.2) is 26.3 Å². The Morgan fingerprint density at radius 2 is 2.00 bits per heavy atom. The molecule has 0 aliphatic heterocycles. The molecule has 1 aromatic heterocycles. The van der Waals surface area contributed by atoms with Gasteiger partial charge in [-0.05, 0) is 18.9 Å². The lowest BCUT2D eigenvalue weighted by Crippen LogP contribution is -2.03. The summed E-state index contributed by atoms with van der Waals surface area (Å²) in [6.45, 7) is 4.13. The van der Waals surface area contributed by atoms with Crippen molar-refractivity contribution in [1.29, 1.82) is 0 Å². The minimum Gasteiger partial charge on any atom is -0.494 e. The Hall–Kier alpha value is -1.68. The normalized spacial score (nSPS) is 10.7. The third-order valence-electron chi connectivity index (χ3n) is 3.49. The number of halogens is 1. The van der Waals surface area contributed by atoms with Crippen LogP contribution in [-0.2, 0) is 6.42 Å². The molecule has 20 heavy (non-hydrogen) atoms. The fourth-order valence-electron chi connectivity index (χ4n) is 2.50. The van der Waals surface area contributed by atoms with Crippen molar-refractivity contribution in [1.82, 2.24) is 4.98 Å². The highest BCUT2D eigenvalue weighted by atomic mass is 35.5. The lowest BCUT2D eigenvalue weighted by molar-refractivity contribution is 0.410. The van der Waals surface area contributed by atoms with Crippen LogP contribution >= 0.6 is 11.6 Å². The van der Waals surface area contributed by atoms with Gasteiger partial charge >= 0.3 is 0 Å². The second-order valence-corrected chi connectivity index (χ2v) is 4.89. The van der Waals surface area contributed by atoms with Gasteiger partial charge in [0.15, 0.2) is 0 Å². The molecule has 0 saturated heterocycles. The molecule has 0 atom stereocenters. The van der Waals surface area contributed by atoms with E-state index in [1.807, 2.05) is 14.0 Å². The topological polar surface area (TPSA) is 43.4 Å². The van der Waals surface area contributed by atoms with Crippen molar-refractivity contribution in [3.05, 3.63) is 22.3 Å². The first-order valence-corrected chi connectivity index (χ1v) is 6.88. The quantitative estimate of drug-likeness (QED) is 0.931. The molecule has 0 saturated carbocycles. The van der Waals surface area contributed by atoms with Gasteiger partial charge in [0.1, 0.15) is 17.0 Å². The Morgan fingerprint density at radius 3 is 2.50 bits per heavy atom. The molecule has 1 aromatic carbocycles. The van der Waals surface area contributed by atoms with Gasteiger partial charge in [0, 0.05) is 18.8 Å². The largest absolute Gasteiger partial charge is 0.494 e. The highest BCUT2D eigenvalue weighted by Crippen LogP contribution is 2.43. The first kappa shape index (κ1) is 14.7. The zero-order valence-corrected chi connectivity index (χ0v) is 13.2. The summed E-state index contributed by atoms with van der Waals surface area (Å²) in [6, 6.07) is 1.74. The summed E-state index contributed by atoms with van der Waals surface area (Å²) in [7, 11) is 5.10. The Kier molecular flexibility index (Phi) is 4.23. The molecule has 2 aromatic rings. The minimum atomic E-state index is 0.513. The maximum absolute atomic E-state index is 6.28. The van der Waals surface area contributed by atoms with Crippen molar-refractivity contribution in [2.75, 3.05) is 26.6 Å². The maximum Gasteiger partial charge on any atom is 0.149 e. The van der Waals surface area contributed by atoms with Crippen molar-refractivity contribution in [2.24, 2.45) is 0 Å². The third-order valence-corrected chi connectivity index (χ3v) is 3.77. The monoisotopic (exact) mass is 294 g/mol. The minimum absolute atomic E-state index is 0.513. The SMILES string of the molecule is CCc1nc2c(OC)cc(Cl)c(OC)c2c(NC)c1C. The molecule has 0 spiro atoms. The molecule has 0 aliphatic carbocycles. The summed E-state index contributed by atoms with van der Waals surface area (Å²) in [5.74, 6) is 1.27. The van der Waals surface area contributed by atoms with E-state index in [4.69, 9.17) is 26.1 Å². The van der Waals surface area contributed by atoms with Crippen LogP contribution in [0, 0.1) is 6.92 Å². The predicted octanol–water partition coefficient (Wildman–Crippen LogP) is 3.82. The van der Waals surface area contributed by atoms with Gasteiger partial charge < -0.3 is 14.8 Å². The van der Waals surface area contributed by atoms with E-state index < -0.39 is 0 Å². The van der Waals surface area contributed by atoms with Gasteiger partial charge in [0.2, 0.25) is 0 Å². The first-order chi connectivity index (χ1) is 9.58. The summed E-state index contributed by atoms with van der Waals surface area (Å²) in [6.07, 6.45) is 0.852. The molecule has 5 heteroatoms. The van der Waals surface area contributed by atoms with Crippen LogP contribution in [0.15, 0.2) is 6.07 Å². The molecule has 0 unspecified atom stereocenters. The molecule has 1 heterocycles. The van der Waals surface area contributed by atoms with Gasteiger partial charge in [-0.15, -0.1) is 0 Å². The fraction of sp³-hybridized carbons (Fsp3) is 0.400. The predicted molar refractivity (Wildman–Crippen MR) is 83.5 cm³/mol. The Labute approximate surface area is 124 Å².